The molecule has 214 valence electrons. The summed E-state index contributed by atoms with van der Waals surface area (Å²) in [6.45, 7) is 2.34. The van der Waals surface area contributed by atoms with Gasteiger partial charge in [0.25, 0.3) is 5.78 Å². The van der Waals surface area contributed by atoms with Gasteiger partial charge in [-0.05, 0) is 55.5 Å². The molecule has 3 aromatic rings. The van der Waals surface area contributed by atoms with Crippen LogP contribution in [0.2, 0.25) is 5.28 Å². The summed E-state index contributed by atoms with van der Waals surface area (Å²) in [6.07, 6.45) is -1.60. The molecule has 1 unspecified atom stereocenters. The Hall–Kier alpha value is -3.45. The van der Waals surface area contributed by atoms with Gasteiger partial charge < -0.3 is 19.9 Å². The van der Waals surface area contributed by atoms with Crippen molar-refractivity contribution >= 4 is 40.6 Å². The Morgan fingerprint density at radius 2 is 1.88 bits per heavy atom. The molecule has 0 radical (unpaired) electrons. The number of methoxy groups -OCH3 is 1. The topological polar surface area (TPSA) is 105 Å². The van der Waals surface area contributed by atoms with E-state index in [9.17, 15) is 22.8 Å². The average molecular weight is 580 g/mol. The van der Waals surface area contributed by atoms with E-state index in [4.69, 9.17) is 16.3 Å². The molecule has 1 aromatic carbocycles. The molecule has 1 aliphatic carbocycles. The van der Waals surface area contributed by atoms with E-state index in [1.54, 1.807) is 11.8 Å². The number of amides is 2. The number of carbonyl (C=O) groups is 2. The van der Waals surface area contributed by atoms with E-state index < -0.39 is 30.1 Å². The van der Waals surface area contributed by atoms with Gasteiger partial charge in [0.2, 0.25) is 17.1 Å². The molecule has 1 aliphatic heterocycles. The number of likely N-dealkylation sites (tertiary alicyclic amines) is 1. The van der Waals surface area contributed by atoms with E-state index in [0.717, 1.165) is 17.7 Å². The van der Waals surface area contributed by atoms with Gasteiger partial charge in [-0.15, -0.1) is 5.10 Å². The zero-order valence-corrected chi connectivity index (χ0v) is 22.9. The largest absolute Gasteiger partial charge is 0.413 e. The van der Waals surface area contributed by atoms with Crippen LogP contribution in [0.1, 0.15) is 49.6 Å². The number of hydrogen-bond acceptors (Lipinski definition) is 7. The van der Waals surface area contributed by atoms with Crippen LogP contribution < -0.4 is 5.32 Å². The molecule has 2 amide bonds. The van der Waals surface area contributed by atoms with E-state index in [0.29, 0.717) is 30.0 Å². The van der Waals surface area contributed by atoms with Crippen LogP contribution in [0, 0.1) is 11.8 Å². The smallest absolute Gasteiger partial charge is 0.375 e. The Bertz CT molecular complexity index is 1410. The number of anilines is 2. The van der Waals surface area contributed by atoms with E-state index in [-0.39, 0.29) is 35.0 Å². The van der Waals surface area contributed by atoms with Crippen LogP contribution >= 0.6 is 11.6 Å². The van der Waals surface area contributed by atoms with Crippen LogP contribution in [0.5, 0.6) is 0 Å². The summed E-state index contributed by atoms with van der Waals surface area (Å²) in [7, 11) is 2.69. The molecule has 2 aromatic heterocycles. The number of carbonyl (C=O) groups excluding carboxylic acids is 2. The summed E-state index contributed by atoms with van der Waals surface area (Å²) < 4.78 is 49.7. The fourth-order valence-corrected chi connectivity index (χ4v) is 5.28. The highest BCUT2D eigenvalue weighted by Gasteiger charge is 2.47. The highest BCUT2D eigenvalue weighted by atomic mass is 35.5. The molecule has 1 N–H and O–H groups in total. The molecular formula is C26H29ClF3N7O3. The maximum absolute atomic E-state index is 14.3. The summed E-state index contributed by atoms with van der Waals surface area (Å²) in [6, 6.07) is 3.52. The number of halogens is 4. The van der Waals surface area contributed by atoms with Crippen molar-refractivity contribution in [3.63, 3.8) is 0 Å². The zero-order chi connectivity index (χ0) is 28.8. The SMILES string of the molecule is CO[C@@H](C)c1c(Nc2ccc([C@H](N(C)C(=O)C3CCN(C(=O)C4CC4)C3)C(F)(F)F)cc2)cnc2nc(Cl)nn12. The zero-order valence-electron chi connectivity index (χ0n) is 22.2. The Kier molecular flexibility index (Phi) is 7.62. The van der Waals surface area contributed by atoms with Gasteiger partial charge in [0.1, 0.15) is 0 Å². The van der Waals surface area contributed by atoms with Gasteiger partial charge in [-0.1, -0.05) is 12.1 Å². The number of fused-ring (bicyclic) bond motifs is 1. The van der Waals surface area contributed by atoms with Crippen molar-refractivity contribution in [3.8, 4) is 0 Å². The van der Waals surface area contributed by atoms with Crippen molar-refractivity contribution in [3.05, 3.63) is 47.0 Å². The molecular weight excluding hydrogens is 551 g/mol. The van der Waals surface area contributed by atoms with Crippen LogP contribution in [0.3, 0.4) is 0 Å². The Balaban J connectivity index is 1.35. The van der Waals surface area contributed by atoms with Crippen molar-refractivity contribution in [1.29, 1.82) is 0 Å². The summed E-state index contributed by atoms with van der Waals surface area (Å²) in [5, 5.41) is 7.30. The maximum atomic E-state index is 14.3. The van der Waals surface area contributed by atoms with Gasteiger partial charge in [0, 0.05) is 38.9 Å². The lowest BCUT2D eigenvalue weighted by Gasteiger charge is -2.32. The number of aromatic nitrogens is 4. The lowest BCUT2D eigenvalue weighted by Crippen LogP contribution is -2.43. The first-order valence-corrected chi connectivity index (χ1v) is 13.3. The first-order chi connectivity index (χ1) is 19.0. The summed E-state index contributed by atoms with van der Waals surface area (Å²) in [5.74, 6) is -1.01. The third-order valence-corrected chi connectivity index (χ3v) is 7.60. The number of hydrogen-bond donors (Lipinski definition) is 1. The predicted octanol–water partition coefficient (Wildman–Crippen LogP) is 4.55. The molecule has 2 fully saturated rings. The van der Waals surface area contributed by atoms with Crippen LogP contribution in [-0.4, -0.2) is 74.6 Å². The number of nitrogens with one attached hydrogen (secondary N) is 1. The minimum atomic E-state index is -4.70. The molecule has 0 spiro atoms. The van der Waals surface area contributed by atoms with E-state index >= 15 is 0 Å². The minimum absolute atomic E-state index is 0.00197. The van der Waals surface area contributed by atoms with Gasteiger partial charge in [-0.2, -0.15) is 22.7 Å². The van der Waals surface area contributed by atoms with E-state index in [1.165, 1.54) is 49.1 Å². The summed E-state index contributed by atoms with van der Waals surface area (Å²) in [5.41, 5.74) is 1.48. The molecule has 40 heavy (non-hydrogen) atoms. The third kappa shape index (κ3) is 5.57. The first kappa shape index (κ1) is 28.1. The molecule has 1 saturated carbocycles. The fourth-order valence-electron chi connectivity index (χ4n) is 5.13. The van der Waals surface area contributed by atoms with Crippen LogP contribution in [0.25, 0.3) is 5.78 Å². The van der Waals surface area contributed by atoms with E-state index in [1.807, 2.05) is 0 Å². The molecule has 3 heterocycles. The monoisotopic (exact) mass is 579 g/mol. The fraction of sp³-hybridized carbons (Fsp3) is 0.500. The molecule has 10 nitrogen and oxygen atoms in total. The molecule has 1 saturated heterocycles. The first-order valence-electron chi connectivity index (χ1n) is 12.9. The lowest BCUT2D eigenvalue weighted by molar-refractivity contribution is -0.190. The maximum Gasteiger partial charge on any atom is 0.413 e. The molecule has 3 atom stereocenters. The van der Waals surface area contributed by atoms with Gasteiger partial charge in [0.05, 0.1) is 29.6 Å². The van der Waals surface area contributed by atoms with Crippen LogP contribution in [-0.2, 0) is 14.3 Å². The third-order valence-electron chi connectivity index (χ3n) is 7.44. The van der Waals surface area contributed by atoms with Crippen molar-refractivity contribution < 1.29 is 27.5 Å². The quantitative estimate of drug-likeness (QED) is 0.417. The van der Waals surface area contributed by atoms with Gasteiger partial charge in [-0.3, -0.25) is 9.59 Å². The van der Waals surface area contributed by atoms with Crippen molar-refractivity contribution in [1.82, 2.24) is 29.4 Å². The Morgan fingerprint density at radius 3 is 2.50 bits per heavy atom. The number of alkyl halides is 3. The van der Waals surface area contributed by atoms with Crippen molar-refractivity contribution in [2.24, 2.45) is 11.8 Å². The van der Waals surface area contributed by atoms with Crippen molar-refractivity contribution in [2.75, 3.05) is 32.6 Å². The van der Waals surface area contributed by atoms with Gasteiger partial charge in [0.15, 0.2) is 6.04 Å². The second-order valence-electron chi connectivity index (χ2n) is 10.2. The van der Waals surface area contributed by atoms with E-state index in [2.05, 4.69) is 20.4 Å². The predicted molar refractivity (Wildman–Crippen MR) is 140 cm³/mol. The van der Waals surface area contributed by atoms with Crippen LogP contribution in [0.4, 0.5) is 24.5 Å². The molecule has 0 bridgehead atoms. The standard InChI is InChI=1S/C26H29ClF3N7O3/c1-14(40-3)20-19(12-31-25-33-24(27)34-37(20)25)32-18-8-6-15(7-9-18)21(26(28,29)30)35(2)22(38)17-10-11-36(13-17)23(39)16-4-5-16/h6-9,12,14,16-17,21,32H,4-5,10-11,13H2,1-3H3/t14-,17?,21-/m0/s1. The number of rotatable bonds is 8. The Morgan fingerprint density at radius 1 is 1.18 bits per heavy atom. The number of ether oxygens (including phenoxy) is 1. The highest BCUT2D eigenvalue weighted by molar-refractivity contribution is 6.28. The Labute approximate surface area is 233 Å². The second-order valence-corrected chi connectivity index (χ2v) is 10.6. The number of nitrogens with zero attached hydrogens (tertiary/aromatic N) is 6. The second kappa shape index (κ2) is 10.8. The van der Waals surface area contributed by atoms with Gasteiger partial charge in [-0.25, -0.2) is 4.98 Å². The number of benzene rings is 1. The normalized spacial score (nSPS) is 19.1. The molecule has 2 aliphatic rings. The summed E-state index contributed by atoms with van der Waals surface area (Å²) in [4.78, 5) is 36.1. The summed E-state index contributed by atoms with van der Waals surface area (Å²) >= 11 is 5.94. The highest BCUT2D eigenvalue weighted by Crippen LogP contribution is 2.39. The molecule has 14 heteroatoms. The van der Waals surface area contributed by atoms with Gasteiger partial charge >= 0.3 is 6.18 Å². The minimum Gasteiger partial charge on any atom is -0.375 e. The van der Waals surface area contributed by atoms with Crippen LogP contribution in [0.15, 0.2) is 30.5 Å². The van der Waals surface area contributed by atoms with Crippen molar-refractivity contribution in [2.45, 2.75) is 44.5 Å². The lowest BCUT2D eigenvalue weighted by atomic mass is 10.0. The molecule has 5 rings (SSSR count). The average Bonchev–Trinajstić information content (AvgIpc) is 3.52.